The molecule has 1 atom stereocenters. The molecule has 0 spiro atoms. The smallest absolute Gasteiger partial charge is 0.263 e. The predicted octanol–water partition coefficient (Wildman–Crippen LogP) is 4.68. The van der Waals surface area contributed by atoms with Crippen LogP contribution >= 0.6 is 23.1 Å². The minimum atomic E-state index is 0.0997. The molecule has 8 heteroatoms. The Hall–Kier alpha value is -1.67. The number of nitrogens with zero attached hydrogens (tertiary/aromatic N) is 4. The van der Waals surface area contributed by atoms with E-state index in [4.69, 9.17) is 9.51 Å². The molecule has 1 aliphatic carbocycles. The summed E-state index contributed by atoms with van der Waals surface area (Å²) in [5, 5.41) is 5.44. The van der Waals surface area contributed by atoms with Gasteiger partial charge in [0.05, 0.1) is 11.1 Å². The molecule has 3 heterocycles. The Morgan fingerprint density at radius 3 is 2.81 bits per heavy atom. The topological polar surface area (TPSA) is 73.8 Å². The Morgan fingerprint density at radius 1 is 1.26 bits per heavy atom. The highest BCUT2D eigenvalue weighted by Gasteiger charge is 2.23. The Kier molecular flexibility index (Phi) is 5.36. The van der Waals surface area contributed by atoms with E-state index >= 15 is 0 Å². The molecule has 0 amide bonds. The fourth-order valence-corrected chi connectivity index (χ4v) is 5.81. The molecular formula is C19H24N4O2S2. The molecule has 0 aliphatic heterocycles. The molecule has 3 aromatic rings. The first-order valence-corrected chi connectivity index (χ1v) is 11.4. The van der Waals surface area contributed by atoms with Gasteiger partial charge in [-0.15, -0.1) is 11.3 Å². The molecule has 27 heavy (non-hydrogen) atoms. The van der Waals surface area contributed by atoms with Gasteiger partial charge in [0.2, 0.25) is 5.89 Å². The van der Waals surface area contributed by atoms with Crippen LogP contribution in [0.1, 0.15) is 67.7 Å². The average Bonchev–Trinajstić information content (AvgIpc) is 3.15. The number of hydrogen-bond donors (Lipinski definition) is 0. The highest BCUT2D eigenvalue weighted by atomic mass is 32.2. The van der Waals surface area contributed by atoms with Gasteiger partial charge in [-0.2, -0.15) is 4.98 Å². The van der Waals surface area contributed by atoms with E-state index in [-0.39, 0.29) is 11.6 Å². The summed E-state index contributed by atoms with van der Waals surface area (Å²) < 4.78 is 7.09. The van der Waals surface area contributed by atoms with Crippen molar-refractivity contribution in [2.24, 2.45) is 0 Å². The van der Waals surface area contributed by atoms with Crippen molar-refractivity contribution in [3.05, 3.63) is 32.5 Å². The van der Waals surface area contributed by atoms with E-state index in [1.54, 1.807) is 18.3 Å². The predicted molar refractivity (Wildman–Crippen MR) is 109 cm³/mol. The number of rotatable bonds is 5. The van der Waals surface area contributed by atoms with Crippen LogP contribution in [0.15, 0.2) is 14.5 Å². The van der Waals surface area contributed by atoms with Crippen LogP contribution in [0.5, 0.6) is 0 Å². The summed E-state index contributed by atoms with van der Waals surface area (Å²) in [6, 6.07) is 0.0997. The Morgan fingerprint density at radius 2 is 2.07 bits per heavy atom. The maximum Gasteiger partial charge on any atom is 0.263 e. The fourth-order valence-electron chi connectivity index (χ4n) is 3.57. The second-order valence-corrected chi connectivity index (χ2v) is 9.12. The van der Waals surface area contributed by atoms with Crippen LogP contribution in [0.4, 0.5) is 0 Å². The first-order chi connectivity index (χ1) is 13.1. The molecule has 3 aromatic heterocycles. The van der Waals surface area contributed by atoms with Gasteiger partial charge in [-0.1, -0.05) is 30.3 Å². The van der Waals surface area contributed by atoms with Crippen LogP contribution in [0.25, 0.3) is 10.2 Å². The van der Waals surface area contributed by atoms with Crippen LogP contribution in [0.2, 0.25) is 0 Å². The zero-order valence-corrected chi connectivity index (χ0v) is 17.6. The zero-order valence-electron chi connectivity index (χ0n) is 15.9. The number of hydrogen-bond acceptors (Lipinski definition) is 7. The van der Waals surface area contributed by atoms with Crippen molar-refractivity contribution < 1.29 is 4.52 Å². The number of thioether (sulfide) groups is 1. The van der Waals surface area contributed by atoms with E-state index in [0.29, 0.717) is 17.5 Å². The number of thiophene rings is 1. The van der Waals surface area contributed by atoms with Crippen LogP contribution in [0, 0.1) is 6.92 Å². The normalized spacial score (nSPS) is 15.7. The molecular weight excluding hydrogens is 380 g/mol. The molecule has 0 bridgehead atoms. The highest BCUT2D eigenvalue weighted by Crippen LogP contribution is 2.35. The third kappa shape index (κ3) is 3.57. The van der Waals surface area contributed by atoms with E-state index < -0.39 is 0 Å². The van der Waals surface area contributed by atoms with Crippen molar-refractivity contribution in [1.82, 2.24) is 19.7 Å². The lowest BCUT2D eigenvalue weighted by molar-refractivity contribution is 0.386. The van der Waals surface area contributed by atoms with Gasteiger partial charge in [0, 0.05) is 10.9 Å². The SMILES string of the molecule is CCC(C)n1c(SCc2nc(C)no2)nc2sc3c(c2c1=O)CCCCC3. The maximum atomic E-state index is 13.5. The van der Waals surface area contributed by atoms with Gasteiger partial charge >= 0.3 is 0 Å². The molecule has 0 N–H and O–H groups in total. The van der Waals surface area contributed by atoms with E-state index in [1.807, 2.05) is 4.57 Å². The van der Waals surface area contributed by atoms with Crippen molar-refractivity contribution in [3.8, 4) is 0 Å². The quantitative estimate of drug-likeness (QED) is 0.349. The van der Waals surface area contributed by atoms with Crippen molar-refractivity contribution in [3.63, 3.8) is 0 Å². The second kappa shape index (κ2) is 7.75. The number of aryl methyl sites for hydroxylation is 3. The van der Waals surface area contributed by atoms with Gasteiger partial charge in [0.25, 0.3) is 5.56 Å². The van der Waals surface area contributed by atoms with Crippen LogP contribution in [0.3, 0.4) is 0 Å². The van der Waals surface area contributed by atoms with Crippen LogP contribution in [-0.2, 0) is 18.6 Å². The summed E-state index contributed by atoms with van der Waals surface area (Å²) in [6.45, 7) is 5.99. The first kappa shape index (κ1) is 18.7. The molecule has 0 radical (unpaired) electrons. The van der Waals surface area contributed by atoms with E-state index in [0.717, 1.165) is 41.1 Å². The molecule has 0 saturated carbocycles. The summed E-state index contributed by atoms with van der Waals surface area (Å²) in [4.78, 5) is 24.9. The van der Waals surface area contributed by atoms with E-state index in [1.165, 1.54) is 35.0 Å². The monoisotopic (exact) mass is 404 g/mol. The van der Waals surface area contributed by atoms with Gasteiger partial charge in [-0.05, 0) is 51.5 Å². The first-order valence-electron chi connectivity index (χ1n) is 9.57. The van der Waals surface area contributed by atoms with Crippen molar-refractivity contribution in [1.29, 1.82) is 0 Å². The van der Waals surface area contributed by atoms with Gasteiger partial charge in [0.15, 0.2) is 11.0 Å². The highest BCUT2D eigenvalue weighted by molar-refractivity contribution is 7.98. The summed E-state index contributed by atoms with van der Waals surface area (Å²) in [6.07, 6.45) is 6.57. The fraction of sp³-hybridized carbons (Fsp3) is 0.579. The number of aromatic nitrogens is 4. The molecule has 144 valence electrons. The molecule has 0 saturated heterocycles. The summed E-state index contributed by atoms with van der Waals surface area (Å²) in [5.74, 6) is 1.69. The molecule has 1 aliphatic rings. The summed E-state index contributed by atoms with van der Waals surface area (Å²) in [7, 11) is 0. The van der Waals surface area contributed by atoms with E-state index in [2.05, 4.69) is 24.0 Å². The average molecular weight is 405 g/mol. The lowest BCUT2D eigenvalue weighted by atomic mass is 10.1. The number of fused-ring (bicyclic) bond motifs is 3. The van der Waals surface area contributed by atoms with Gasteiger partial charge in [-0.3, -0.25) is 9.36 Å². The van der Waals surface area contributed by atoms with Crippen molar-refractivity contribution in [2.45, 2.75) is 76.2 Å². The van der Waals surface area contributed by atoms with Crippen LogP contribution < -0.4 is 5.56 Å². The molecule has 4 rings (SSSR count). The maximum absolute atomic E-state index is 13.5. The largest absolute Gasteiger partial charge is 0.338 e. The van der Waals surface area contributed by atoms with Gasteiger partial charge in [-0.25, -0.2) is 4.98 Å². The lowest BCUT2D eigenvalue weighted by Crippen LogP contribution is -2.26. The second-order valence-electron chi connectivity index (χ2n) is 7.10. The summed E-state index contributed by atoms with van der Waals surface area (Å²) in [5.41, 5.74) is 1.36. The Labute approximate surface area is 166 Å². The molecule has 0 fully saturated rings. The van der Waals surface area contributed by atoms with Gasteiger partial charge < -0.3 is 4.52 Å². The zero-order chi connectivity index (χ0) is 19.0. The van der Waals surface area contributed by atoms with E-state index in [9.17, 15) is 4.79 Å². The van der Waals surface area contributed by atoms with Crippen molar-refractivity contribution in [2.75, 3.05) is 0 Å². The third-order valence-corrected chi connectivity index (χ3v) is 7.29. The minimum absolute atomic E-state index is 0.0997. The lowest BCUT2D eigenvalue weighted by Gasteiger charge is -2.17. The van der Waals surface area contributed by atoms with Crippen molar-refractivity contribution >= 4 is 33.3 Å². The molecule has 0 aromatic carbocycles. The molecule has 6 nitrogen and oxygen atoms in total. The Bertz CT molecular complexity index is 1020. The molecule has 1 unspecified atom stereocenters. The summed E-state index contributed by atoms with van der Waals surface area (Å²) >= 11 is 3.20. The third-order valence-electron chi connectivity index (χ3n) is 5.16. The van der Waals surface area contributed by atoms with Gasteiger partial charge in [0.1, 0.15) is 4.83 Å². The Balaban J connectivity index is 1.80. The standard InChI is InChI=1S/C19H24N4O2S2/c1-4-11(2)23-18(24)16-13-8-6-5-7-9-14(13)27-17(16)21-19(23)26-10-15-20-12(3)22-25-15/h11H,4-10H2,1-3H3. The minimum Gasteiger partial charge on any atom is -0.338 e. The van der Waals surface area contributed by atoms with Crippen LogP contribution in [-0.4, -0.2) is 19.7 Å².